The normalized spacial score (nSPS) is 25.4. The Bertz CT molecular complexity index is 497. The lowest BCUT2D eigenvalue weighted by molar-refractivity contribution is 0.0695. The highest BCUT2D eigenvalue weighted by atomic mass is 16.4. The number of nitrogens with zero attached hydrogens (tertiary/aromatic N) is 1. The number of aromatic carboxylic acids is 1. The van der Waals surface area contributed by atoms with Crippen molar-refractivity contribution in [2.24, 2.45) is 11.8 Å². The summed E-state index contributed by atoms with van der Waals surface area (Å²) in [5.74, 6) is 0.436. The Balaban J connectivity index is 1.72. The van der Waals surface area contributed by atoms with Crippen molar-refractivity contribution in [1.29, 1.82) is 0 Å². The second-order valence-electron chi connectivity index (χ2n) is 5.54. The zero-order chi connectivity index (χ0) is 13.4. The van der Waals surface area contributed by atoms with Gasteiger partial charge in [0.1, 0.15) is 0 Å². The van der Waals surface area contributed by atoms with Crippen molar-refractivity contribution in [2.75, 3.05) is 13.1 Å². The number of carboxylic acid groups (broad SMARTS) is 1. The third kappa shape index (κ3) is 2.23. The van der Waals surface area contributed by atoms with E-state index in [2.05, 4.69) is 0 Å². The van der Waals surface area contributed by atoms with Crippen molar-refractivity contribution in [3.05, 3.63) is 35.4 Å². The summed E-state index contributed by atoms with van der Waals surface area (Å²) < 4.78 is 0. The lowest BCUT2D eigenvalue weighted by atomic mass is 10.0. The van der Waals surface area contributed by atoms with E-state index in [0.717, 1.165) is 13.1 Å². The monoisotopic (exact) mass is 259 g/mol. The van der Waals surface area contributed by atoms with Crippen LogP contribution in [0.3, 0.4) is 0 Å². The number of carboxylic acids is 1. The van der Waals surface area contributed by atoms with Crippen LogP contribution in [-0.2, 0) is 0 Å². The highest BCUT2D eigenvalue weighted by Gasteiger charge is 2.38. The van der Waals surface area contributed by atoms with E-state index in [-0.39, 0.29) is 11.5 Å². The summed E-state index contributed by atoms with van der Waals surface area (Å²) >= 11 is 0. The van der Waals surface area contributed by atoms with E-state index in [0.29, 0.717) is 17.4 Å². The summed E-state index contributed by atoms with van der Waals surface area (Å²) in [6.07, 6.45) is 3.78. The molecule has 2 atom stereocenters. The fourth-order valence-corrected chi connectivity index (χ4v) is 3.34. The Kier molecular flexibility index (Phi) is 3.01. The summed E-state index contributed by atoms with van der Waals surface area (Å²) in [5.41, 5.74) is 0.805. The second-order valence-corrected chi connectivity index (χ2v) is 5.54. The average molecular weight is 259 g/mol. The third-order valence-corrected chi connectivity index (χ3v) is 4.39. The molecule has 3 rings (SSSR count). The van der Waals surface area contributed by atoms with Crippen molar-refractivity contribution in [3.63, 3.8) is 0 Å². The van der Waals surface area contributed by atoms with Crippen LogP contribution >= 0.6 is 0 Å². The standard InChI is InChI=1S/C15H17NO3/c17-14(10-4-6-11(7-5-10)15(18)19)16-8-12-2-1-3-13(12)9-16/h4-7,12-13H,1-3,8-9H2,(H,18,19)/t12-,13-/m0/s1. The molecule has 19 heavy (non-hydrogen) atoms. The van der Waals surface area contributed by atoms with Crippen LogP contribution in [0.25, 0.3) is 0 Å². The van der Waals surface area contributed by atoms with Crippen LogP contribution in [0, 0.1) is 11.8 Å². The zero-order valence-electron chi connectivity index (χ0n) is 10.7. The first-order valence-electron chi connectivity index (χ1n) is 6.78. The fraction of sp³-hybridized carbons (Fsp3) is 0.467. The Hall–Kier alpha value is -1.84. The van der Waals surface area contributed by atoms with E-state index >= 15 is 0 Å². The Morgan fingerprint density at radius 2 is 1.53 bits per heavy atom. The molecule has 0 bridgehead atoms. The summed E-state index contributed by atoms with van der Waals surface area (Å²) in [6.45, 7) is 1.73. The van der Waals surface area contributed by atoms with Crippen molar-refractivity contribution in [3.8, 4) is 0 Å². The van der Waals surface area contributed by atoms with E-state index in [1.165, 1.54) is 31.4 Å². The van der Waals surface area contributed by atoms with Crippen molar-refractivity contribution in [2.45, 2.75) is 19.3 Å². The summed E-state index contributed by atoms with van der Waals surface area (Å²) in [6, 6.07) is 6.21. The van der Waals surface area contributed by atoms with Crippen LogP contribution in [0.1, 0.15) is 40.0 Å². The molecule has 0 unspecified atom stereocenters. The van der Waals surface area contributed by atoms with Gasteiger partial charge in [-0.25, -0.2) is 4.79 Å². The molecule has 1 aliphatic heterocycles. The van der Waals surface area contributed by atoms with Gasteiger partial charge in [0.2, 0.25) is 0 Å². The molecule has 2 fully saturated rings. The maximum atomic E-state index is 12.3. The third-order valence-electron chi connectivity index (χ3n) is 4.39. The van der Waals surface area contributed by atoms with E-state index in [1.54, 1.807) is 12.1 Å². The van der Waals surface area contributed by atoms with Gasteiger partial charge in [-0.05, 0) is 48.9 Å². The molecule has 0 radical (unpaired) electrons. The molecule has 1 N–H and O–H groups in total. The minimum absolute atomic E-state index is 0.0336. The Labute approximate surface area is 112 Å². The average Bonchev–Trinajstić information content (AvgIpc) is 2.98. The Morgan fingerprint density at radius 3 is 2.05 bits per heavy atom. The predicted octanol–water partition coefficient (Wildman–Crippen LogP) is 2.26. The lowest BCUT2D eigenvalue weighted by Crippen LogP contribution is -2.29. The molecule has 1 aliphatic carbocycles. The lowest BCUT2D eigenvalue weighted by Gasteiger charge is -2.17. The van der Waals surface area contributed by atoms with Crippen molar-refractivity contribution >= 4 is 11.9 Å². The van der Waals surface area contributed by atoms with Crippen LogP contribution in [0.4, 0.5) is 0 Å². The number of hydrogen-bond donors (Lipinski definition) is 1. The van der Waals surface area contributed by atoms with Gasteiger partial charge in [-0.2, -0.15) is 0 Å². The molecule has 1 heterocycles. The minimum atomic E-state index is -0.963. The van der Waals surface area contributed by atoms with Gasteiger partial charge < -0.3 is 10.0 Å². The molecule has 1 aromatic carbocycles. The number of carbonyl (C=O) groups excluding carboxylic acids is 1. The van der Waals surface area contributed by atoms with Crippen LogP contribution < -0.4 is 0 Å². The number of benzene rings is 1. The largest absolute Gasteiger partial charge is 0.478 e. The highest BCUT2D eigenvalue weighted by molar-refractivity contribution is 5.96. The molecule has 1 amide bonds. The van der Waals surface area contributed by atoms with Crippen LogP contribution in [0.2, 0.25) is 0 Å². The molecule has 0 spiro atoms. The molecule has 1 saturated carbocycles. The van der Waals surface area contributed by atoms with E-state index in [9.17, 15) is 9.59 Å². The number of rotatable bonds is 2. The molecular weight excluding hydrogens is 242 g/mol. The van der Waals surface area contributed by atoms with E-state index < -0.39 is 5.97 Å². The van der Waals surface area contributed by atoms with Gasteiger partial charge in [0.05, 0.1) is 5.56 Å². The van der Waals surface area contributed by atoms with Crippen molar-refractivity contribution < 1.29 is 14.7 Å². The predicted molar refractivity (Wildman–Crippen MR) is 70.1 cm³/mol. The quantitative estimate of drug-likeness (QED) is 0.886. The van der Waals surface area contributed by atoms with Crippen LogP contribution in [0.5, 0.6) is 0 Å². The number of carbonyl (C=O) groups is 2. The fourth-order valence-electron chi connectivity index (χ4n) is 3.34. The minimum Gasteiger partial charge on any atom is -0.478 e. The number of hydrogen-bond acceptors (Lipinski definition) is 2. The SMILES string of the molecule is O=C(O)c1ccc(C(=O)N2C[C@@H]3CCC[C@H]3C2)cc1. The summed E-state index contributed by atoms with van der Waals surface area (Å²) in [7, 11) is 0. The summed E-state index contributed by atoms with van der Waals surface area (Å²) in [4.78, 5) is 25.0. The molecule has 100 valence electrons. The first-order chi connectivity index (χ1) is 9.15. The molecule has 4 heteroatoms. The van der Waals surface area contributed by atoms with Crippen LogP contribution in [0.15, 0.2) is 24.3 Å². The molecule has 4 nitrogen and oxygen atoms in total. The Morgan fingerprint density at radius 1 is 1.00 bits per heavy atom. The van der Waals surface area contributed by atoms with E-state index in [4.69, 9.17) is 5.11 Å². The van der Waals surface area contributed by atoms with Crippen molar-refractivity contribution in [1.82, 2.24) is 4.90 Å². The molecular formula is C15H17NO3. The number of fused-ring (bicyclic) bond motifs is 1. The molecule has 1 saturated heterocycles. The van der Waals surface area contributed by atoms with Gasteiger partial charge in [0, 0.05) is 18.7 Å². The van der Waals surface area contributed by atoms with Gasteiger partial charge in [-0.1, -0.05) is 6.42 Å². The molecule has 2 aliphatic rings. The van der Waals surface area contributed by atoms with Gasteiger partial charge in [-0.15, -0.1) is 0 Å². The zero-order valence-corrected chi connectivity index (χ0v) is 10.7. The topological polar surface area (TPSA) is 57.6 Å². The van der Waals surface area contributed by atoms with Gasteiger partial charge in [0.25, 0.3) is 5.91 Å². The maximum absolute atomic E-state index is 12.3. The van der Waals surface area contributed by atoms with Gasteiger partial charge >= 0.3 is 5.97 Å². The van der Waals surface area contributed by atoms with Gasteiger partial charge in [0.15, 0.2) is 0 Å². The highest BCUT2D eigenvalue weighted by Crippen LogP contribution is 2.38. The first-order valence-corrected chi connectivity index (χ1v) is 6.78. The number of amides is 1. The first kappa shape index (κ1) is 12.2. The maximum Gasteiger partial charge on any atom is 0.335 e. The second kappa shape index (κ2) is 4.68. The van der Waals surface area contributed by atoms with Gasteiger partial charge in [-0.3, -0.25) is 4.79 Å². The summed E-state index contributed by atoms with van der Waals surface area (Å²) in [5, 5.41) is 8.84. The molecule has 1 aromatic rings. The smallest absolute Gasteiger partial charge is 0.335 e. The van der Waals surface area contributed by atoms with Crippen LogP contribution in [-0.4, -0.2) is 35.0 Å². The number of likely N-dealkylation sites (tertiary alicyclic amines) is 1. The molecule has 0 aromatic heterocycles. The van der Waals surface area contributed by atoms with E-state index in [1.807, 2.05) is 4.90 Å².